The molecule has 0 saturated carbocycles. The van der Waals surface area contributed by atoms with Crippen LogP contribution in [0.4, 0.5) is 5.69 Å². The van der Waals surface area contributed by atoms with E-state index in [1.807, 2.05) is 0 Å². The van der Waals surface area contributed by atoms with E-state index in [9.17, 15) is 9.59 Å². The van der Waals surface area contributed by atoms with E-state index in [2.05, 4.69) is 10.6 Å². The van der Waals surface area contributed by atoms with E-state index in [0.717, 1.165) is 6.54 Å². The molecular formula is C13H17N3O4. The predicted octanol–water partition coefficient (Wildman–Crippen LogP) is -0.522. The topological polar surface area (TPSA) is 103 Å². The average molecular weight is 279 g/mol. The summed E-state index contributed by atoms with van der Waals surface area (Å²) in [5, 5.41) is 5.84. The van der Waals surface area contributed by atoms with Crippen LogP contribution in [0.25, 0.3) is 0 Å². The Hall–Kier alpha value is -2.12. The van der Waals surface area contributed by atoms with Crippen LogP contribution in [0.3, 0.4) is 0 Å². The zero-order valence-corrected chi connectivity index (χ0v) is 10.9. The van der Waals surface area contributed by atoms with Gasteiger partial charge in [-0.1, -0.05) is 0 Å². The molecule has 2 rings (SSSR count). The number of amides is 2. The van der Waals surface area contributed by atoms with Crippen molar-refractivity contribution < 1.29 is 19.1 Å². The van der Waals surface area contributed by atoms with Crippen molar-refractivity contribution in [3.63, 3.8) is 0 Å². The minimum Gasteiger partial charge on any atom is -0.484 e. The van der Waals surface area contributed by atoms with E-state index >= 15 is 0 Å². The minimum absolute atomic E-state index is 0.173. The number of rotatable bonds is 5. The summed E-state index contributed by atoms with van der Waals surface area (Å²) in [5.74, 6) is -0.218. The molecule has 1 fully saturated rings. The van der Waals surface area contributed by atoms with Gasteiger partial charge in [-0.3, -0.25) is 9.59 Å². The van der Waals surface area contributed by atoms with Crippen LogP contribution >= 0.6 is 0 Å². The fourth-order valence-electron chi connectivity index (χ4n) is 1.75. The largest absolute Gasteiger partial charge is 0.484 e. The Labute approximate surface area is 116 Å². The van der Waals surface area contributed by atoms with Gasteiger partial charge < -0.3 is 25.8 Å². The third kappa shape index (κ3) is 4.22. The molecule has 0 radical (unpaired) electrons. The number of carbonyl (C=O) groups excluding carboxylic acids is 2. The van der Waals surface area contributed by atoms with Crippen LogP contribution in [0.15, 0.2) is 24.3 Å². The molecule has 2 amide bonds. The summed E-state index contributed by atoms with van der Waals surface area (Å²) >= 11 is 0. The van der Waals surface area contributed by atoms with E-state index < -0.39 is 12.0 Å². The van der Waals surface area contributed by atoms with E-state index in [-0.39, 0.29) is 12.5 Å². The smallest absolute Gasteiger partial charge is 0.255 e. The molecule has 7 heteroatoms. The second-order valence-corrected chi connectivity index (χ2v) is 4.33. The highest BCUT2D eigenvalue weighted by atomic mass is 16.5. The number of anilines is 1. The van der Waals surface area contributed by atoms with Gasteiger partial charge in [0.1, 0.15) is 11.9 Å². The van der Waals surface area contributed by atoms with Crippen molar-refractivity contribution >= 4 is 17.5 Å². The van der Waals surface area contributed by atoms with Gasteiger partial charge in [-0.25, -0.2) is 0 Å². The highest BCUT2D eigenvalue weighted by Gasteiger charge is 2.21. The summed E-state index contributed by atoms with van der Waals surface area (Å²) in [6.07, 6.45) is -0.477. The highest BCUT2D eigenvalue weighted by molar-refractivity contribution is 5.94. The zero-order valence-electron chi connectivity index (χ0n) is 10.9. The fourth-order valence-corrected chi connectivity index (χ4v) is 1.75. The van der Waals surface area contributed by atoms with Crippen molar-refractivity contribution in [3.8, 4) is 5.75 Å². The molecular weight excluding hydrogens is 262 g/mol. The molecule has 1 unspecified atom stereocenters. The van der Waals surface area contributed by atoms with Crippen molar-refractivity contribution in [2.24, 2.45) is 5.73 Å². The Morgan fingerprint density at radius 1 is 1.40 bits per heavy atom. The monoisotopic (exact) mass is 279 g/mol. The predicted molar refractivity (Wildman–Crippen MR) is 72.4 cm³/mol. The molecule has 1 aliphatic rings. The molecule has 20 heavy (non-hydrogen) atoms. The van der Waals surface area contributed by atoms with Gasteiger partial charge in [0.25, 0.3) is 11.8 Å². The fraction of sp³-hybridized carbons (Fsp3) is 0.385. The molecule has 0 aliphatic carbocycles. The minimum atomic E-state index is -0.538. The summed E-state index contributed by atoms with van der Waals surface area (Å²) in [7, 11) is 0. The van der Waals surface area contributed by atoms with Crippen LogP contribution in [0.2, 0.25) is 0 Å². The zero-order chi connectivity index (χ0) is 14.4. The highest BCUT2D eigenvalue weighted by Crippen LogP contribution is 2.16. The summed E-state index contributed by atoms with van der Waals surface area (Å²) < 4.78 is 10.5. The van der Waals surface area contributed by atoms with Crippen LogP contribution in [0.5, 0.6) is 5.75 Å². The van der Waals surface area contributed by atoms with Gasteiger partial charge in [-0.15, -0.1) is 0 Å². The summed E-state index contributed by atoms with van der Waals surface area (Å²) in [5.41, 5.74) is 5.61. The molecule has 1 aliphatic heterocycles. The van der Waals surface area contributed by atoms with E-state index in [4.69, 9.17) is 15.2 Å². The molecule has 4 N–H and O–H groups in total. The molecule has 0 aromatic heterocycles. The summed E-state index contributed by atoms with van der Waals surface area (Å²) in [6.45, 7) is 1.62. The molecule has 1 saturated heterocycles. The Morgan fingerprint density at radius 3 is 2.75 bits per heavy atom. The van der Waals surface area contributed by atoms with Gasteiger partial charge >= 0.3 is 0 Å². The third-order valence-electron chi connectivity index (χ3n) is 2.72. The molecule has 0 bridgehead atoms. The molecule has 0 spiro atoms. The quantitative estimate of drug-likeness (QED) is 0.673. The van der Waals surface area contributed by atoms with Gasteiger partial charge in [-0.2, -0.15) is 0 Å². The number of nitrogens with two attached hydrogens (primary N) is 1. The lowest BCUT2D eigenvalue weighted by Gasteiger charge is -2.22. The number of primary amides is 1. The number of morpholine rings is 1. The first-order chi connectivity index (χ1) is 9.65. The van der Waals surface area contributed by atoms with Gasteiger partial charge in [-0.05, 0) is 24.3 Å². The maximum atomic E-state index is 11.9. The summed E-state index contributed by atoms with van der Waals surface area (Å²) in [6, 6.07) is 6.67. The van der Waals surface area contributed by atoms with Crippen molar-refractivity contribution in [2.75, 3.05) is 31.6 Å². The summed E-state index contributed by atoms with van der Waals surface area (Å²) in [4.78, 5) is 22.5. The average Bonchev–Trinajstić information content (AvgIpc) is 2.47. The Morgan fingerprint density at radius 2 is 2.15 bits per heavy atom. The molecule has 1 atom stereocenters. The lowest BCUT2D eigenvalue weighted by atomic mass is 10.2. The Bertz CT molecular complexity index is 469. The first-order valence-corrected chi connectivity index (χ1v) is 6.29. The van der Waals surface area contributed by atoms with Crippen molar-refractivity contribution in [1.82, 2.24) is 5.32 Å². The van der Waals surface area contributed by atoms with Crippen LogP contribution in [-0.2, 0) is 14.3 Å². The third-order valence-corrected chi connectivity index (χ3v) is 2.72. The lowest BCUT2D eigenvalue weighted by molar-refractivity contribution is -0.128. The number of nitrogens with one attached hydrogen (secondary N) is 2. The van der Waals surface area contributed by atoms with E-state index in [1.165, 1.54) is 0 Å². The first-order valence-electron chi connectivity index (χ1n) is 6.29. The van der Waals surface area contributed by atoms with Crippen molar-refractivity contribution in [3.05, 3.63) is 24.3 Å². The second kappa shape index (κ2) is 6.88. The van der Waals surface area contributed by atoms with Gasteiger partial charge in [0.2, 0.25) is 0 Å². The van der Waals surface area contributed by atoms with Crippen molar-refractivity contribution in [1.29, 1.82) is 0 Å². The Kier molecular flexibility index (Phi) is 4.91. The van der Waals surface area contributed by atoms with E-state index in [0.29, 0.717) is 24.6 Å². The Balaban J connectivity index is 1.86. The number of hydrogen-bond acceptors (Lipinski definition) is 5. The second-order valence-electron chi connectivity index (χ2n) is 4.33. The first kappa shape index (κ1) is 14.3. The lowest BCUT2D eigenvalue weighted by Crippen LogP contribution is -2.45. The number of carbonyl (C=O) groups is 2. The normalized spacial score (nSPS) is 18.3. The maximum Gasteiger partial charge on any atom is 0.255 e. The van der Waals surface area contributed by atoms with Crippen LogP contribution < -0.4 is 21.1 Å². The SMILES string of the molecule is NC(=O)COc1ccc(NC(=O)C2CNCCO2)cc1. The number of ether oxygens (including phenoxy) is 2. The molecule has 1 aromatic rings. The van der Waals surface area contributed by atoms with Crippen molar-refractivity contribution in [2.45, 2.75) is 6.10 Å². The number of benzene rings is 1. The standard InChI is InChI=1S/C13H17N3O4/c14-12(17)8-20-10-3-1-9(2-4-10)16-13(18)11-7-15-5-6-19-11/h1-4,11,15H,5-8H2,(H2,14,17)(H,16,18). The van der Waals surface area contributed by atoms with Gasteiger partial charge in [0.05, 0.1) is 6.61 Å². The van der Waals surface area contributed by atoms with Crippen LogP contribution in [-0.4, -0.2) is 44.2 Å². The molecule has 1 aromatic carbocycles. The number of hydrogen-bond donors (Lipinski definition) is 3. The molecule has 1 heterocycles. The molecule has 108 valence electrons. The maximum absolute atomic E-state index is 11.9. The van der Waals surface area contributed by atoms with Gasteiger partial charge in [0.15, 0.2) is 6.61 Å². The van der Waals surface area contributed by atoms with Crippen LogP contribution in [0, 0.1) is 0 Å². The van der Waals surface area contributed by atoms with E-state index in [1.54, 1.807) is 24.3 Å². The van der Waals surface area contributed by atoms with Crippen LogP contribution in [0.1, 0.15) is 0 Å². The molecule has 7 nitrogen and oxygen atoms in total. The van der Waals surface area contributed by atoms with Gasteiger partial charge in [0, 0.05) is 18.8 Å².